The molecule has 0 saturated heterocycles. The molecule has 0 aliphatic heterocycles. The zero-order valence-electron chi connectivity index (χ0n) is 9.51. The molecule has 0 bridgehead atoms. The molecule has 1 aromatic carbocycles. The van der Waals surface area contributed by atoms with Crippen LogP contribution in [0.2, 0.25) is 0 Å². The van der Waals surface area contributed by atoms with E-state index in [4.69, 9.17) is 5.11 Å². The van der Waals surface area contributed by atoms with Gasteiger partial charge in [0.1, 0.15) is 16.5 Å². The van der Waals surface area contributed by atoms with Crippen LogP contribution in [-0.2, 0) is 10.0 Å². The van der Waals surface area contributed by atoms with Gasteiger partial charge in [-0.2, -0.15) is 4.31 Å². The van der Waals surface area contributed by atoms with Gasteiger partial charge in [0, 0.05) is 13.1 Å². The first kappa shape index (κ1) is 14.7. The SMILES string of the molecule is C=CCN(CCO)S(=O)(=O)c1cc(F)ccc1F. The third-order valence-corrected chi connectivity index (χ3v) is 4.07. The summed E-state index contributed by atoms with van der Waals surface area (Å²) < 4.78 is 51.3. The molecule has 0 atom stereocenters. The normalized spacial score (nSPS) is 11.8. The maximum Gasteiger partial charge on any atom is 0.246 e. The van der Waals surface area contributed by atoms with E-state index in [1.165, 1.54) is 6.08 Å². The highest BCUT2D eigenvalue weighted by Gasteiger charge is 2.26. The van der Waals surface area contributed by atoms with Gasteiger partial charge in [0.25, 0.3) is 0 Å². The predicted molar refractivity (Wildman–Crippen MR) is 62.4 cm³/mol. The predicted octanol–water partition coefficient (Wildman–Crippen LogP) is 1.13. The van der Waals surface area contributed by atoms with Gasteiger partial charge in [-0.05, 0) is 18.2 Å². The molecule has 0 radical (unpaired) electrons. The Kier molecular flexibility index (Phi) is 4.94. The lowest BCUT2D eigenvalue weighted by Gasteiger charge is -2.19. The molecule has 1 N–H and O–H groups in total. The molecular weight excluding hydrogens is 264 g/mol. The molecule has 0 unspecified atom stereocenters. The topological polar surface area (TPSA) is 57.6 Å². The first-order chi connectivity index (χ1) is 8.43. The highest BCUT2D eigenvalue weighted by molar-refractivity contribution is 7.89. The fourth-order valence-electron chi connectivity index (χ4n) is 1.38. The van der Waals surface area contributed by atoms with E-state index in [-0.39, 0.29) is 13.1 Å². The Morgan fingerprint density at radius 3 is 2.61 bits per heavy atom. The van der Waals surface area contributed by atoms with Crippen molar-refractivity contribution >= 4 is 10.0 Å². The van der Waals surface area contributed by atoms with Crippen LogP contribution in [0.1, 0.15) is 0 Å². The number of halogens is 2. The van der Waals surface area contributed by atoms with Crippen molar-refractivity contribution in [2.45, 2.75) is 4.90 Å². The van der Waals surface area contributed by atoms with Crippen molar-refractivity contribution in [2.24, 2.45) is 0 Å². The Hall–Kier alpha value is -1.31. The number of hydrogen-bond acceptors (Lipinski definition) is 3. The summed E-state index contributed by atoms with van der Waals surface area (Å²) in [4.78, 5) is -0.752. The number of rotatable bonds is 6. The summed E-state index contributed by atoms with van der Waals surface area (Å²) in [6, 6.07) is 2.18. The number of aliphatic hydroxyl groups is 1. The molecule has 100 valence electrons. The van der Waals surface area contributed by atoms with E-state index in [1.54, 1.807) is 0 Å². The maximum atomic E-state index is 13.4. The van der Waals surface area contributed by atoms with Crippen molar-refractivity contribution in [2.75, 3.05) is 19.7 Å². The van der Waals surface area contributed by atoms with E-state index in [0.29, 0.717) is 6.07 Å². The molecule has 0 aliphatic rings. The number of sulfonamides is 1. The minimum Gasteiger partial charge on any atom is -0.395 e. The van der Waals surface area contributed by atoms with Crippen LogP contribution >= 0.6 is 0 Å². The van der Waals surface area contributed by atoms with Crippen molar-refractivity contribution in [3.05, 3.63) is 42.5 Å². The summed E-state index contributed by atoms with van der Waals surface area (Å²) in [6.45, 7) is 2.63. The Morgan fingerprint density at radius 2 is 2.06 bits per heavy atom. The molecule has 0 fully saturated rings. The van der Waals surface area contributed by atoms with Crippen molar-refractivity contribution in [1.82, 2.24) is 4.31 Å². The lowest BCUT2D eigenvalue weighted by molar-refractivity contribution is 0.260. The zero-order chi connectivity index (χ0) is 13.8. The number of benzene rings is 1. The Labute approximate surface area is 104 Å². The van der Waals surface area contributed by atoms with Crippen LogP contribution in [0.3, 0.4) is 0 Å². The molecule has 0 heterocycles. The molecule has 1 aromatic rings. The van der Waals surface area contributed by atoms with Crippen molar-refractivity contribution in [3.8, 4) is 0 Å². The van der Waals surface area contributed by atoms with Gasteiger partial charge in [-0.25, -0.2) is 17.2 Å². The molecule has 4 nitrogen and oxygen atoms in total. The van der Waals surface area contributed by atoms with E-state index >= 15 is 0 Å². The molecule has 18 heavy (non-hydrogen) atoms. The second-order valence-corrected chi connectivity index (χ2v) is 5.36. The second-order valence-electron chi connectivity index (χ2n) is 3.45. The van der Waals surface area contributed by atoms with Gasteiger partial charge >= 0.3 is 0 Å². The van der Waals surface area contributed by atoms with Crippen LogP contribution in [0, 0.1) is 11.6 Å². The summed E-state index contributed by atoms with van der Waals surface area (Å²) >= 11 is 0. The highest BCUT2D eigenvalue weighted by Crippen LogP contribution is 2.20. The maximum absolute atomic E-state index is 13.4. The lowest BCUT2D eigenvalue weighted by Crippen LogP contribution is -2.34. The number of aliphatic hydroxyl groups excluding tert-OH is 1. The molecule has 0 aromatic heterocycles. The fraction of sp³-hybridized carbons (Fsp3) is 0.273. The van der Waals surface area contributed by atoms with Gasteiger partial charge in [-0.15, -0.1) is 6.58 Å². The lowest BCUT2D eigenvalue weighted by atomic mass is 10.3. The van der Waals surface area contributed by atoms with Crippen molar-refractivity contribution < 1.29 is 22.3 Å². The summed E-state index contributed by atoms with van der Waals surface area (Å²) in [5.74, 6) is -1.89. The molecule has 0 amide bonds. The van der Waals surface area contributed by atoms with Gasteiger partial charge in [0.15, 0.2) is 0 Å². The number of nitrogens with zero attached hydrogens (tertiary/aromatic N) is 1. The average Bonchev–Trinajstić information content (AvgIpc) is 2.32. The summed E-state index contributed by atoms with van der Waals surface area (Å²) in [6.07, 6.45) is 1.30. The van der Waals surface area contributed by atoms with Crippen LogP contribution < -0.4 is 0 Å². The minimum absolute atomic E-state index is 0.0984. The largest absolute Gasteiger partial charge is 0.395 e. The highest BCUT2D eigenvalue weighted by atomic mass is 32.2. The Bertz CT molecular complexity index is 531. The second kappa shape index (κ2) is 6.03. The van der Waals surface area contributed by atoms with Crippen LogP contribution in [-0.4, -0.2) is 37.5 Å². The van der Waals surface area contributed by atoms with Gasteiger partial charge in [0.05, 0.1) is 6.61 Å². The zero-order valence-corrected chi connectivity index (χ0v) is 10.3. The van der Waals surface area contributed by atoms with E-state index < -0.39 is 33.2 Å². The minimum atomic E-state index is -4.19. The van der Waals surface area contributed by atoms with E-state index in [2.05, 4.69) is 6.58 Å². The van der Waals surface area contributed by atoms with E-state index in [1.807, 2.05) is 0 Å². The van der Waals surface area contributed by atoms with Gasteiger partial charge in [-0.3, -0.25) is 0 Å². The monoisotopic (exact) mass is 277 g/mol. The average molecular weight is 277 g/mol. The van der Waals surface area contributed by atoms with Gasteiger partial charge < -0.3 is 5.11 Å². The third-order valence-electron chi connectivity index (χ3n) is 2.19. The molecule has 7 heteroatoms. The molecule has 0 spiro atoms. The molecule has 0 aliphatic carbocycles. The van der Waals surface area contributed by atoms with Crippen molar-refractivity contribution in [3.63, 3.8) is 0 Å². The van der Waals surface area contributed by atoms with Crippen LogP contribution in [0.25, 0.3) is 0 Å². The summed E-state index contributed by atoms with van der Waals surface area (Å²) in [5, 5.41) is 8.79. The Morgan fingerprint density at radius 1 is 1.39 bits per heavy atom. The number of hydrogen-bond donors (Lipinski definition) is 1. The van der Waals surface area contributed by atoms with Gasteiger partial charge in [0.2, 0.25) is 10.0 Å². The smallest absolute Gasteiger partial charge is 0.246 e. The fourth-order valence-corrected chi connectivity index (χ4v) is 2.86. The molecule has 1 rings (SSSR count). The quantitative estimate of drug-likeness (QED) is 0.793. The first-order valence-electron chi connectivity index (χ1n) is 5.10. The van der Waals surface area contributed by atoms with Crippen molar-refractivity contribution in [1.29, 1.82) is 0 Å². The van der Waals surface area contributed by atoms with E-state index in [9.17, 15) is 17.2 Å². The molecule has 0 saturated carbocycles. The summed E-state index contributed by atoms with van der Waals surface area (Å²) in [7, 11) is -4.19. The van der Waals surface area contributed by atoms with Crippen LogP contribution in [0.4, 0.5) is 8.78 Å². The Balaban J connectivity index is 3.25. The molecular formula is C11H13F2NO3S. The standard InChI is InChI=1S/C11H13F2NO3S/c1-2-5-14(6-7-15)18(16,17)11-8-9(12)3-4-10(11)13/h2-4,8,15H,1,5-7H2. The summed E-state index contributed by atoms with van der Waals surface area (Å²) in [5.41, 5.74) is 0. The van der Waals surface area contributed by atoms with Crippen LogP contribution in [0.5, 0.6) is 0 Å². The van der Waals surface area contributed by atoms with Gasteiger partial charge in [-0.1, -0.05) is 6.08 Å². The van der Waals surface area contributed by atoms with E-state index in [0.717, 1.165) is 16.4 Å². The van der Waals surface area contributed by atoms with Crippen LogP contribution in [0.15, 0.2) is 35.7 Å². The third kappa shape index (κ3) is 3.12. The first-order valence-corrected chi connectivity index (χ1v) is 6.54.